The number of primary sulfonamides is 1. The van der Waals surface area contributed by atoms with E-state index < -0.39 is 10.0 Å². The molecule has 0 spiro atoms. The molecule has 1 fully saturated rings. The predicted molar refractivity (Wildman–Crippen MR) is 142 cm³/mol. The lowest BCUT2D eigenvalue weighted by molar-refractivity contribution is -0.126. The van der Waals surface area contributed by atoms with Gasteiger partial charge < -0.3 is 5.32 Å². The normalized spacial score (nSPS) is 15.9. The molecule has 0 aliphatic carbocycles. The minimum atomic E-state index is -3.73. The molecule has 3 aromatic rings. The first-order chi connectivity index (χ1) is 18.1. The molecule has 1 aliphatic heterocycles. The van der Waals surface area contributed by atoms with Gasteiger partial charge in [0.2, 0.25) is 15.9 Å². The van der Waals surface area contributed by atoms with E-state index in [1.807, 2.05) is 6.92 Å². The Balaban J connectivity index is 1.32. The van der Waals surface area contributed by atoms with Gasteiger partial charge in [-0.1, -0.05) is 36.4 Å². The number of nitrogens with two attached hydrogens (primary N) is 1. The van der Waals surface area contributed by atoms with Crippen LogP contribution in [0.3, 0.4) is 0 Å². The molecule has 1 atom stereocenters. The third kappa shape index (κ3) is 7.02. The molecular formula is C28H32F2N4O3S. The van der Waals surface area contributed by atoms with E-state index >= 15 is 0 Å². The van der Waals surface area contributed by atoms with Gasteiger partial charge in [0.1, 0.15) is 11.6 Å². The lowest BCUT2D eigenvalue weighted by Crippen LogP contribution is -2.54. The summed E-state index contributed by atoms with van der Waals surface area (Å²) < 4.78 is 49.9. The summed E-state index contributed by atoms with van der Waals surface area (Å²) in [6, 6.07) is 18.6. The molecule has 3 N–H and O–H groups in total. The number of carbonyl (C=O) groups is 1. The number of benzene rings is 3. The Kier molecular flexibility index (Phi) is 8.88. The second-order valence-electron chi connectivity index (χ2n) is 9.48. The van der Waals surface area contributed by atoms with Gasteiger partial charge in [0, 0.05) is 32.7 Å². The Hall–Kier alpha value is -3.18. The second kappa shape index (κ2) is 12.1. The van der Waals surface area contributed by atoms with Crippen LogP contribution in [0.1, 0.15) is 29.7 Å². The SMILES string of the molecule is C[C@@H](C(=O)NCCc1ccc(S(N)(=O)=O)cc1)N1CCN(C(c2ccc(F)cc2)c2ccc(F)cc2)CC1. The van der Waals surface area contributed by atoms with Crippen LogP contribution in [0.5, 0.6) is 0 Å². The van der Waals surface area contributed by atoms with Crippen LogP contribution in [0.15, 0.2) is 77.7 Å². The van der Waals surface area contributed by atoms with Crippen LogP contribution in [-0.4, -0.2) is 62.9 Å². The maximum absolute atomic E-state index is 13.6. The van der Waals surface area contributed by atoms with Crippen molar-refractivity contribution in [2.45, 2.75) is 30.3 Å². The maximum atomic E-state index is 13.6. The average molecular weight is 543 g/mol. The quantitative estimate of drug-likeness (QED) is 0.433. The van der Waals surface area contributed by atoms with E-state index in [4.69, 9.17) is 5.14 Å². The molecule has 38 heavy (non-hydrogen) atoms. The first-order valence-electron chi connectivity index (χ1n) is 12.5. The van der Waals surface area contributed by atoms with Crippen molar-refractivity contribution in [2.75, 3.05) is 32.7 Å². The van der Waals surface area contributed by atoms with Crippen LogP contribution in [0, 0.1) is 11.6 Å². The predicted octanol–water partition coefficient (Wildman–Crippen LogP) is 3.07. The number of rotatable bonds is 9. The highest BCUT2D eigenvalue weighted by molar-refractivity contribution is 7.89. The van der Waals surface area contributed by atoms with E-state index in [9.17, 15) is 22.0 Å². The van der Waals surface area contributed by atoms with Crippen molar-refractivity contribution < 1.29 is 22.0 Å². The fourth-order valence-corrected chi connectivity index (χ4v) is 5.29. The summed E-state index contributed by atoms with van der Waals surface area (Å²) in [4.78, 5) is 17.3. The van der Waals surface area contributed by atoms with E-state index in [0.29, 0.717) is 39.1 Å². The van der Waals surface area contributed by atoms with Gasteiger partial charge in [0.05, 0.1) is 17.0 Å². The molecule has 3 aromatic carbocycles. The molecular weight excluding hydrogens is 510 g/mol. The van der Waals surface area contributed by atoms with Crippen molar-refractivity contribution in [2.24, 2.45) is 5.14 Å². The van der Waals surface area contributed by atoms with Crippen LogP contribution in [-0.2, 0) is 21.2 Å². The van der Waals surface area contributed by atoms with Gasteiger partial charge in [-0.2, -0.15) is 0 Å². The Labute approximate surface area is 222 Å². The molecule has 1 aliphatic rings. The Morgan fingerprint density at radius 3 is 1.79 bits per heavy atom. The number of nitrogens with zero attached hydrogens (tertiary/aromatic N) is 2. The van der Waals surface area contributed by atoms with Gasteiger partial charge in [-0.15, -0.1) is 0 Å². The van der Waals surface area contributed by atoms with E-state index in [-0.39, 0.29) is 34.5 Å². The summed E-state index contributed by atoms with van der Waals surface area (Å²) in [6.45, 7) is 5.02. The monoisotopic (exact) mass is 542 g/mol. The number of piperazine rings is 1. The molecule has 4 rings (SSSR count). The largest absolute Gasteiger partial charge is 0.354 e. The molecule has 7 nitrogen and oxygen atoms in total. The molecule has 0 saturated carbocycles. The van der Waals surface area contributed by atoms with Gasteiger partial charge in [-0.05, 0) is 66.4 Å². The zero-order valence-electron chi connectivity index (χ0n) is 21.2. The van der Waals surface area contributed by atoms with Gasteiger partial charge in [0.15, 0.2) is 0 Å². The lowest BCUT2D eigenvalue weighted by atomic mass is 9.96. The van der Waals surface area contributed by atoms with Crippen LogP contribution in [0.4, 0.5) is 8.78 Å². The van der Waals surface area contributed by atoms with Gasteiger partial charge >= 0.3 is 0 Å². The molecule has 0 aromatic heterocycles. The van der Waals surface area contributed by atoms with E-state index in [2.05, 4.69) is 15.1 Å². The first kappa shape index (κ1) is 27.8. The summed E-state index contributed by atoms with van der Waals surface area (Å²) >= 11 is 0. The van der Waals surface area contributed by atoms with Crippen molar-refractivity contribution in [1.29, 1.82) is 0 Å². The van der Waals surface area contributed by atoms with Crippen LogP contribution in [0.25, 0.3) is 0 Å². The smallest absolute Gasteiger partial charge is 0.238 e. The molecule has 0 bridgehead atoms. The highest BCUT2D eigenvalue weighted by Crippen LogP contribution is 2.30. The molecule has 1 saturated heterocycles. The van der Waals surface area contributed by atoms with Crippen molar-refractivity contribution in [3.05, 3.63) is 101 Å². The number of hydrogen-bond acceptors (Lipinski definition) is 5. The highest BCUT2D eigenvalue weighted by atomic mass is 32.2. The maximum Gasteiger partial charge on any atom is 0.238 e. The Morgan fingerprint density at radius 2 is 1.32 bits per heavy atom. The minimum absolute atomic E-state index is 0.0548. The first-order valence-corrected chi connectivity index (χ1v) is 14.0. The summed E-state index contributed by atoms with van der Waals surface area (Å²) in [5.74, 6) is -0.693. The second-order valence-corrected chi connectivity index (χ2v) is 11.0. The van der Waals surface area contributed by atoms with Crippen molar-refractivity contribution >= 4 is 15.9 Å². The van der Waals surface area contributed by atoms with Gasteiger partial charge in [-0.3, -0.25) is 14.6 Å². The number of nitrogens with one attached hydrogen (secondary N) is 1. The number of sulfonamides is 1. The molecule has 0 unspecified atom stereocenters. The van der Waals surface area contributed by atoms with E-state index in [1.54, 1.807) is 36.4 Å². The Bertz CT molecular complexity index is 1280. The minimum Gasteiger partial charge on any atom is -0.354 e. The topological polar surface area (TPSA) is 95.7 Å². The fraction of sp³-hybridized carbons (Fsp3) is 0.321. The van der Waals surface area contributed by atoms with Crippen molar-refractivity contribution in [1.82, 2.24) is 15.1 Å². The van der Waals surface area contributed by atoms with E-state index in [0.717, 1.165) is 16.7 Å². The molecule has 1 heterocycles. The van der Waals surface area contributed by atoms with Gasteiger partial charge in [-0.25, -0.2) is 22.3 Å². The van der Waals surface area contributed by atoms with Crippen molar-refractivity contribution in [3.63, 3.8) is 0 Å². The highest BCUT2D eigenvalue weighted by Gasteiger charge is 2.30. The fourth-order valence-electron chi connectivity index (χ4n) is 4.78. The zero-order chi connectivity index (χ0) is 27.3. The summed E-state index contributed by atoms with van der Waals surface area (Å²) in [7, 11) is -3.73. The van der Waals surface area contributed by atoms with Crippen molar-refractivity contribution in [3.8, 4) is 0 Å². The number of hydrogen-bond donors (Lipinski definition) is 2. The van der Waals surface area contributed by atoms with Crippen LogP contribution in [0.2, 0.25) is 0 Å². The number of carbonyl (C=O) groups excluding carboxylic acids is 1. The van der Waals surface area contributed by atoms with Crippen LogP contribution >= 0.6 is 0 Å². The van der Waals surface area contributed by atoms with Gasteiger partial charge in [0.25, 0.3) is 0 Å². The van der Waals surface area contributed by atoms with Crippen LogP contribution < -0.4 is 10.5 Å². The zero-order valence-corrected chi connectivity index (χ0v) is 22.0. The third-order valence-corrected chi connectivity index (χ3v) is 7.91. The summed E-state index contributed by atoms with van der Waals surface area (Å²) in [5.41, 5.74) is 2.75. The summed E-state index contributed by atoms with van der Waals surface area (Å²) in [6.07, 6.45) is 0.564. The number of amides is 1. The summed E-state index contributed by atoms with van der Waals surface area (Å²) in [5, 5.41) is 8.09. The molecule has 1 amide bonds. The molecule has 202 valence electrons. The molecule has 10 heteroatoms. The molecule has 0 radical (unpaired) electrons. The standard InChI is InChI=1S/C28H32F2N4O3S/c1-20(28(35)32-15-14-21-2-12-26(13-3-21)38(31,36)37)33-16-18-34(19-17-33)27(22-4-8-24(29)9-5-22)23-6-10-25(30)11-7-23/h2-13,20,27H,14-19H2,1H3,(H,32,35)(H2,31,36,37)/t20-/m0/s1. The number of halogens is 2. The third-order valence-electron chi connectivity index (χ3n) is 6.98. The Morgan fingerprint density at radius 1 is 0.842 bits per heavy atom. The lowest BCUT2D eigenvalue weighted by Gasteiger charge is -2.41. The average Bonchev–Trinajstić information content (AvgIpc) is 2.91. The van der Waals surface area contributed by atoms with E-state index in [1.165, 1.54) is 36.4 Å².